The van der Waals surface area contributed by atoms with E-state index in [9.17, 15) is 13.9 Å². The van der Waals surface area contributed by atoms with Crippen molar-refractivity contribution >= 4 is 0 Å². The summed E-state index contributed by atoms with van der Waals surface area (Å²) in [5.41, 5.74) is 5.52. The van der Waals surface area contributed by atoms with E-state index in [-0.39, 0.29) is 11.3 Å². The molecule has 0 bridgehead atoms. The molecule has 15 heavy (non-hydrogen) atoms. The fourth-order valence-electron chi connectivity index (χ4n) is 1.69. The summed E-state index contributed by atoms with van der Waals surface area (Å²) in [4.78, 5) is 0. The zero-order valence-electron chi connectivity index (χ0n) is 8.08. The maximum Gasteiger partial charge on any atom is 0.167 e. The van der Waals surface area contributed by atoms with Gasteiger partial charge in [0, 0.05) is 0 Å². The molecule has 3 atom stereocenters. The summed E-state index contributed by atoms with van der Waals surface area (Å²) in [5, 5.41) is 9.57. The van der Waals surface area contributed by atoms with E-state index in [2.05, 4.69) is 0 Å². The van der Waals surface area contributed by atoms with Crippen LogP contribution in [0.25, 0.3) is 0 Å². The van der Waals surface area contributed by atoms with E-state index in [4.69, 9.17) is 10.5 Å². The number of rotatable bonds is 0. The number of nitrogens with two attached hydrogens (primary N) is 1. The molecule has 0 aromatic heterocycles. The van der Waals surface area contributed by atoms with Gasteiger partial charge < -0.3 is 15.6 Å². The highest BCUT2D eigenvalue weighted by Crippen LogP contribution is 2.36. The molecule has 1 heterocycles. The number of aliphatic hydroxyl groups excluding tert-OH is 1. The molecule has 1 unspecified atom stereocenters. The highest BCUT2D eigenvalue weighted by molar-refractivity contribution is 5.40. The van der Waals surface area contributed by atoms with Gasteiger partial charge in [0.1, 0.15) is 18.0 Å². The van der Waals surface area contributed by atoms with Gasteiger partial charge in [0.25, 0.3) is 0 Å². The second-order valence-electron chi connectivity index (χ2n) is 3.61. The van der Waals surface area contributed by atoms with Gasteiger partial charge in [-0.2, -0.15) is 0 Å². The summed E-state index contributed by atoms with van der Waals surface area (Å²) >= 11 is 0. The zero-order chi connectivity index (χ0) is 11.2. The third-order valence-electron chi connectivity index (χ3n) is 2.59. The summed E-state index contributed by atoms with van der Waals surface area (Å²) in [6.07, 6.45) is -1.56. The van der Waals surface area contributed by atoms with Gasteiger partial charge in [-0.1, -0.05) is 0 Å². The van der Waals surface area contributed by atoms with Crippen LogP contribution in [0.1, 0.15) is 18.5 Å². The predicted octanol–water partition coefficient (Wildman–Crippen LogP) is 1.11. The van der Waals surface area contributed by atoms with Gasteiger partial charge in [-0.3, -0.25) is 0 Å². The Hall–Kier alpha value is -1.20. The van der Waals surface area contributed by atoms with Gasteiger partial charge in [-0.25, -0.2) is 8.78 Å². The smallest absolute Gasteiger partial charge is 0.167 e. The van der Waals surface area contributed by atoms with Crippen molar-refractivity contribution in [3.63, 3.8) is 0 Å². The van der Waals surface area contributed by atoms with Gasteiger partial charge >= 0.3 is 0 Å². The van der Waals surface area contributed by atoms with Crippen LogP contribution < -0.4 is 10.5 Å². The number of halogens is 2. The number of aliphatic hydroxyl groups is 1. The molecule has 3 nitrogen and oxygen atoms in total. The summed E-state index contributed by atoms with van der Waals surface area (Å²) in [6.45, 7) is 1.62. The molecule has 0 fully saturated rings. The molecular weight excluding hydrogens is 204 g/mol. The molecule has 82 valence electrons. The lowest BCUT2D eigenvalue weighted by Gasteiger charge is -2.33. The molecule has 0 spiro atoms. The summed E-state index contributed by atoms with van der Waals surface area (Å²) in [5.74, 6) is -1.85. The summed E-state index contributed by atoms with van der Waals surface area (Å²) < 4.78 is 31.5. The monoisotopic (exact) mass is 215 g/mol. The first-order valence-corrected chi connectivity index (χ1v) is 4.60. The molecule has 1 aromatic carbocycles. The second-order valence-corrected chi connectivity index (χ2v) is 3.61. The Balaban J connectivity index is 2.56. The summed E-state index contributed by atoms with van der Waals surface area (Å²) in [6, 6.07) is 1.33. The van der Waals surface area contributed by atoms with Crippen LogP contribution in [0.3, 0.4) is 0 Å². The molecule has 3 N–H and O–H groups in total. The SMILES string of the molecule is C[C@@H]1Oc2ccc(F)c(F)c2C(N)[C@@H]1O. The van der Waals surface area contributed by atoms with E-state index in [1.165, 1.54) is 6.07 Å². The van der Waals surface area contributed by atoms with Crippen LogP contribution in [-0.2, 0) is 0 Å². The van der Waals surface area contributed by atoms with Crippen molar-refractivity contribution in [3.05, 3.63) is 29.3 Å². The quantitative estimate of drug-likeness (QED) is 0.681. The van der Waals surface area contributed by atoms with Crippen LogP contribution in [0.15, 0.2) is 12.1 Å². The van der Waals surface area contributed by atoms with Crippen molar-refractivity contribution in [2.75, 3.05) is 0 Å². The van der Waals surface area contributed by atoms with Crippen molar-refractivity contribution in [1.82, 2.24) is 0 Å². The lowest BCUT2D eigenvalue weighted by Crippen LogP contribution is -2.42. The fraction of sp³-hybridized carbons (Fsp3) is 0.400. The van der Waals surface area contributed by atoms with E-state index < -0.39 is 29.9 Å². The molecule has 1 aromatic rings. The number of fused-ring (bicyclic) bond motifs is 1. The Morgan fingerprint density at radius 3 is 2.73 bits per heavy atom. The molecule has 2 rings (SSSR count). The minimum Gasteiger partial charge on any atom is -0.487 e. The molecule has 0 aliphatic carbocycles. The highest BCUT2D eigenvalue weighted by Gasteiger charge is 2.35. The lowest BCUT2D eigenvalue weighted by molar-refractivity contribution is 0.0107. The largest absolute Gasteiger partial charge is 0.487 e. The minimum absolute atomic E-state index is 0.0967. The van der Waals surface area contributed by atoms with E-state index >= 15 is 0 Å². The van der Waals surface area contributed by atoms with Gasteiger partial charge in [-0.05, 0) is 19.1 Å². The van der Waals surface area contributed by atoms with Crippen LogP contribution in [0.2, 0.25) is 0 Å². The Kier molecular flexibility index (Phi) is 2.36. The van der Waals surface area contributed by atoms with Gasteiger partial charge in [0.2, 0.25) is 0 Å². The molecule has 1 aliphatic rings. The normalized spacial score (nSPS) is 29.5. The molecule has 0 amide bonds. The van der Waals surface area contributed by atoms with Gasteiger partial charge in [0.05, 0.1) is 11.6 Å². The zero-order valence-corrected chi connectivity index (χ0v) is 8.08. The molecule has 5 heteroatoms. The predicted molar refractivity (Wildman–Crippen MR) is 49.4 cm³/mol. The fourth-order valence-corrected chi connectivity index (χ4v) is 1.69. The number of hydrogen-bond acceptors (Lipinski definition) is 3. The van der Waals surface area contributed by atoms with Crippen LogP contribution in [-0.4, -0.2) is 17.3 Å². The average molecular weight is 215 g/mol. The van der Waals surface area contributed by atoms with Crippen LogP contribution in [0.5, 0.6) is 5.75 Å². The third kappa shape index (κ3) is 1.48. The maximum atomic E-state index is 13.4. The van der Waals surface area contributed by atoms with Gasteiger partial charge in [-0.15, -0.1) is 0 Å². The minimum atomic E-state index is -1.05. The number of ether oxygens (including phenoxy) is 1. The Morgan fingerprint density at radius 2 is 2.07 bits per heavy atom. The molecular formula is C10H11F2NO2. The van der Waals surface area contributed by atoms with Crippen molar-refractivity contribution in [1.29, 1.82) is 0 Å². The second kappa shape index (κ2) is 3.43. The summed E-state index contributed by atoms with van der Waals surface area (Å²) in [7, 11) is 0. The first-order chi connectivity index (χ1) is 7.02. The average Bonchev–Trinajstić information content (AvgIpc) is 2.20. The molecule has 0 saturated carbocycles. The van der Waals surface area contributed by atoms with Crippen molar-refractivity contribution in [2.45, 2.75) is 25.2 Å². The molecule has 0 radical (unpaired) electrons. The number of hydrogen-bond donors (Lipinski definition) is 2. The first kappa shape index (κ1) is 10.3. The Labute approximate surface area is 85.5 Å². The van der Waals surface area contributed by atoms with E-state index in [1.807, 2.05) is 0 Å². The standard InChI is InChI=1S/C10H11F2NO2/c1-4-10(14)9(13)7-6(15-4)3-2-5(11)8(7)12/h2-4,9-10,14H,13H2,1H3/t4-,9?,10+/m0/s1. The van der Waals surface area contributed by atoms with Crippen LogP contribution >= 0.6 is 0 Å². The van der Waals surface area contributed by atoms with E-state index in [1.54, 1.807) is 6.92 Å². The molecule has 0 saturated heterocycles. The topological polar surface area (TPSA) is 55.5 Å². The Bertz CT molecular complexity index is 397. The number of benzene rings is 1. The van der Waals surface area contributed by atoms with Crippen LogP contribution in [0, 0.1) is 11.6 Å². The highest BCUT2D eigenvalue weighted by atomic mass is 19.2. The van der Waals surface area contributed by atoms with Crippen molar-refractivity contribution in [2.24, 2.45) is 5.73 Å². The van der Waals surface area contributed by atoms with Gasteiger partial charge in [0.15, 0.2) is 11.6 Å². The van der Waals surface area contributed by atoms with E-state index in [0.29, 0.717) is 0 Å². The molecule has 1 aliphatic heterocycles. The van der Waals surface area contributed by atoms with Crippen LogP contribution in [0.4, 0.5) is 8.78 Å². The van der Waals surface area contributed by atoms with E-state index in [0.717, 1.165) is 6.07 Å². The Morgan fingerprint density at radius 1 is 1.40 bits per heavy atom. The van der Waals surface area contributed by atoms with Crippen molar-refractivity contribution in [3.8, 4) is 5.75 Å². The van der Waals surface area contributed by atoms with Crippen molar-refractivity contribution < 1.29 is 18.6 Å². The lowest BCUT2D eigenvalue weighted by atomic mass is 9.94. The maximum absolute atomic E-state index is 13.4. The first-order valence-electron chi connectivity index (χ1n) is 4.60. The third-order valence-corrected chi connectivity index (χ3v) is 2.59.